The van der Waals surface area contributed by atoms with Gasteiger partial charge in [-0.1, -0.05) is 24.3 Å². The molecule has 0 bridgehead atoms. The third-order valence-corrected chi connectivity index (χ3v) is 7.17. The summed E-state index contributed by atoms with van der Waals surface area (Å²) >= 11 is 8.67. The fraction of sp³-hybridized carbons (Fsp3) is 0.579. The van der Waals surface area contributed by atoms with Crippen LogP contribution in [-0.4, -0.2) is 29.0 Å². The molecule has 2 atom stereocenters. The Bertz CT molecular complexity index is 618. The molecule has 1 unspecified atom stereocenters. The summed E-state index contributed by atoms with van der Waals surface area (Å²) in [6, 6.07) is 3.71. The van der Waals surface area contributed by atoms with Gasteiger partial charge in [-0.3, -0.25) is 0 Å². The summed E-state index contributed by atoms with van der Waals surface area (Å²) in [7, 11) is 0. The van der Waals surface area contributed by atoms with Crippen LogP contribution in [-0.2, 0) is 11.4 Å². The lowest BCUT2D eigenvalue weighted by molar-refractivity contribution is 0.292. The summed E-state index contributed by atoms with van der Waals surface area (Å²) in [4.78, 5) is 0. The van der Waals surface area contributed by atoms with Crippen molar-refractivity contribution in [2.45, 2.75) is 44.4 Å². The minimum atomic E-state index is -1.20. The summed E-state index contributed by atoms with van der Waals surface area (Å²) in [5.74, 6) is 1.09. The number of halogens is 2. The van der Waals surface area contributed by atoms with Crippen LogP contribution in [0, 0.1) is 5.92 Å². The normalized spacial score (nSPS) is 18.4. The number of ether oxygens (including phenoxy) is 1. The van der Waals surface area contributed by atoms with Crippen LogP contribution in [0.3, 0.4) is 0 Å². The molecule has 1 aromatic carbocycles. The fourth-order valence-corrected chi connectivity index (χ4v) is 4.34. The summed E-state index contributed by atoms with van der Waals surface area (Å²) in [6.07, 6.45) is 3.73. The van der Waals surface area contributed by atoms with Gasteiger partial charge in [-0.05, 0) is 80.7 Å². The van der Waals surface area contributed by atoms with Crippen LogP contribution in [0.15, 0.2) is 29.3 Å². The molecule has 0 saturated carbocycles. The molecule has 1 fully saturated rings. The molecule has 1 aromatic rings. The highest BCUT2D eigenvalue weighted by Gasteiger charge is 2.35. The lowest BCUT2D eigenvalue weighted by Gasteiger charge is -2.35. The molecule has 2 N–H and O–H groups in total. The van der Waals surface area contributed by atoms with Gasteiger partial charge in [0.2, 0.25) is 0 Å². The maximum atomic E-state index is 12.9. The fourth-order valence-electron chi connectivity index (χ4n) is 2.94. The van der Waals surface area contributed by atoms with Gasteiger partial charge in [0, 0.05) is 21.4 Å². The maximum absolute atomic E-state index is 12.9. The first-order chi connectivity index (χ1) is 12.2. The van der Waals surface area contributed by atoms with Gasteiger partial charge in [-0.2, -0.15) is 0 Å². The molecule has 146 valence electrons. The highest BCUT2D eigenvalue weighted by Crippen LogP contribution is 2.40. The predicted molar refractivity (Wildman–Crippen MR) is 114 cm³/mol. The van der Waals surface area contributed by atoms with Crippen molar-refractivity contribution >= 4 is 38.9 Å². The van der Waals surface area contributed by atoms with E-state index in [0.717, 1.165) is 41.7 Å². The average molecular weight is 464 g/mol. The number of rotatable bonds is 7. The molecule has 0 spiro atoms. The van der Waals surface area contributed by atoms with Crippen LogP contribution in [0.4, 0.5) is 0 Å². The Balaban J connectivity index is 2.42. The number of hydrogen-bond acceptors (Lipinski definition) is 4. The third-order valence-electron chi connectivity index (χ3n) is 4.39. The average Bonchev–Trinajstić information content (AvgIpc) is 2.60. The second kappa shape index (κ2) is 9.80. The van der Waals surface area contributed by atoms with E-state index in [1.807, 2.05) is 32.9 Å². The van der Waals surface area contributed by atoms with Crippen LogP contribution in [0.25, 0.3) is 0 Å². The third kappa shape index (κ3) is 5.88. The monoisotopic (exact) mass is 462 g/mol. The summed E-state index contributed by atoms with van der Waals surface area (Å²) in [5, 5.41) is 4.01. The van der Waals surface area contributed by atoms with Crippen molar-refractivity contribution in [1.82, 2.24) is 10.0 Å². The van der Waals surface area contributed by atoms with Gasteiger partial charge >= 0.3 is 0 Å². The number of nitrogens with one attached hydrogen (secondary N) is 2. The van der Waals surface area contributed by atoms with E-state index in [4.69, 9.17) is 16.3 Å². The molecule has 0 radical (unpaired) electrons. The minimum absolute atomic E-state index is 0.0948. The lowest BCUT2D eigenvalue weighted by atomic mass is 9.86. The van der Waals surface area contributed by atoms with Gasteiger partial charge in [0.25, 0.3) is 0 Å². The molecular weight excluding hydrogens is 436 g/mol. The summed E-state index contributed by atoms with van der Waals surface area (Å²) in [5.41, 5.74) is 0.949. The Morgan fingerprint density at radius 1 is 1.46 bits per heavy atom. The van der Waals surface area contributed by atoms with E-state index in [-0.39, 0.29) is 10.8 Å². The van der Waals surface area contributed by atoms with E-state index >= 15 is 0 Å². The van der Waals surface area contributed by atoms with Crippen LogP contribution in [0.1, 0.15) is 45.2 Å². The second-order valence-corrected chi connectivity index (χ2v) is 10.7. The molecule has 4 nitrogen and oxygen atoms in total. The molecule has 1 aliphatic rings. The van der Waals surface area contributed by atoms with Crippen molar-refractivity contribution in [1.29, 1.82) is 0 Å². The quantitative estimate of drug-likeness (QED) is 0.452. The topological polar surface area (TPSA) is 56.3 Å². The SMILES string of the molecule is C=CCOc1cc(Br)c(Cl)cc1[C@H](N[S+]([O-])C(C)(C)C)C1CCNCC1. The van der Waals surface area contributed by atoms with Crippen molar-refractivity contribution in [2.75, 3.05) is 19.7 Å². The lowest BCUT2D eigenvalue weighted by Crippen LogP contribution is -2.45. The van der Waals surface area contributed by atoms with E-state index in [2.05, 4.69) is 32.5 Å². The Hall–Kier alpha value is -0.240. The first-order valence-electron chi connectivity index (χ1n) is 8.85. The van der Waals surface area contributed by atoms with Crippen molar-refractivity contribution < 1.29 is 9.29 Å². The van der Waals surface area contributed by atoms with E-state index in [9.17, 15) is 4.55 Å². The number of hydrogen-bond donors (Lipinski definition) is 2. The Labute approximate surface area is 173 Å². The van der Waals surface area contributed by atoms with Crippen molar-refractivity contribution in [3.8, 4) is 5.75 Å². The number of benzene rings is 1. The standard InChI is InChI=1S/C19H28BrClN2O2S/c1-5-10-25-17-12-15(20)16(21)11-14(17)18(13-6-8-22-9-7-13)23-26(24)19(2,3)4/h5,11-13,18,22-23H,1,6-10H2,2-4H3/t18-,26?/m1/s1. The van der Waals surface area contributed by atoms with Gasteiger partial charge < -0.3 is 14.6 Å². The second-order valence-electron chi connectivity index (χ2n) is 7.47. The molecule has 26 heavy (non-hydrogen) atoms. The molecule has 1 heterocycles. The molecule has 2 rings (SSSR count). The molecule has 7 heteroatoms. The predicted octanol–water partition coefficient (Wildman–Crippen LogP) is 4.76. The zero-order chi connectivity index (χ0) is 19.3. The molecule has 1 aliphatic heterocycles. The summed E-state index contributed by atoms with van der Waals surface area (Å²) < 4.78 is 22.6. The van der Waals surface area contributed by atoms with E-state index in [1.54, 1.807) is 6.08 Å². The van der Waals surface area contributed by atoms with Gasteiger partial charge in [0.05, 0.1) is 11.1 Å². The number of piperidine rings is 1. The van der Waals surface area contributed by atoms with Crippen molar-refractivity contribution in [2.24, 2.45) is 5.92 Å². The first-order valence-corrected chi connectivity index (χ1v) is 11.2. The van der Waals surface area contributed by atoms with Crippen LogP contribution in [0.5, 0.6) is 5.75 Å². The van der Waals surface area contributed by atoms with Crippen molar-refractivity contribution in [3.63, 3.8) is 0 Å². The highest BCUT2D eigenvalue weighted by atomic mass is 79.9. The smallest absolute Gasteiger partial charge is 0.136 e. The van der Waals surface area contributed by atoms with E-state index in [1.165, 1.54) is 0 Å². The molecule has 0 amide bonds. The van der Waals surface area contributed by atoms with Gasteiger partial charge in [-0.15, -0.1) is 4.72 Å². The maximum Gasteiger partial charge on any atom is 0.136 e. The molecule has 0 aliphatic carbocycles. The first kappa shape index (κ1) is 22.1. The van der Waals surface area contributed by atoms with Gasteiger partial charge in [0.15, 0.2) is 0 Å². The Morgan fingerprint density at radius 2 is 2.12 bits per heavy atom. The summed E-state index contributed by atoms with van der Waals surface area (Å²) in [6.45, 7) is 12.0. The van der Waals surface area contributed by atoms with Crippen LogP contribution in [0.2, 0.25) is 5.02 Å². The van der Waals surface area contributed by atoms with E-state index < -0.39 is 11.4 Å². The highest BCUT2D eigenvalue weighted by molar-refractivity contribution is 9.10. The van der Waals surface area contributed by atoms with Gasteiger partial charge in [0.1, 0.15) is 17.1 Å². The van der Waals surface area contributed by atoms with Gasteiger partial charge in [-0.25, -0.2) is 0 Å². The molecule has 0 aromatic heterocycles. The van der Waals surface area contributed by atoms with Crippen molar-refractivity contribution in [3.05, 3.63) is 39.8 Å². The minimum Gasteiger partial charge on any atom is -0.598 e. The molecule has 1 saturated heterocycles. The largest absolute Gasteiger partial charge is 0.598 e. The van der Waals surface area contributed by atoms with Crippen LogP contribution >= 0.6 is 27.5 Å². The molecular formula is C19H28BrClN2O2S. The zero-order valence-corrected chi connectivity index (χ0v) is 18.8. The van der Waals surface area contributed by atoms with E-state index in [0.29, 0.717) is 17.5 Å². The van der Waals surface area contributed by atoms with Crippen LogP contribution < -0.4 is 14.8 Å². The zero-order valence-electron chi connectivity index (χ0n) is 15.6. The Kier molecular flexibility index (Phi) is 8.32. The Morgan fingerprint density at radius 3 is 2.69 bits per heavy atom.